The van der Waals surface area contributed by atoms with Gasteiger partial charge in [0.1, 0.15) is 0 Å². The molecule has 16 heavy (non-hydrogen) atoms. The molecule has 0 aromatic heterocycles. The summed E-state index contributed by atoms with van der Waals surface area (Å²) in [6, 6.07) is 1.49. The maximum Gasteiger partial charge on any atom is 0.0224 e. The maximum absolute atomic E-state index is 5.97. The summed E-state index contributed by atoms with van der Waals surface area (Å²) in [6.45, 7) is 4.48. The Bertz CT molecular complexity index is 204. The van der Waals surface area contributed by atoms with Crippen molar-refractivity contribution >= 4 is 11.8 Å². The second-order valence-corrected chi connectivity index (χ2v) is 6.45. The van der Waals surface area contributed by atoms with Crippen LogP contribution in [0.2, 0.25) is 0 Å². The number of rotatable bonds is 3. The number of thioether (sulfide) groups is 1. The molecule has 2 heterocycles. The van der Waals surface area contributed by atoms with Crippen molar-refractivity contribution in [2.45, 2.75) is 51.1 Å². The Balaban J connectivity index is 1.92. The lowest BCUT2D eigenvalue weighted by atomic mass is 9.87. The van der Waals surface area contributed by atoms with Crippen molar-refractivity contribution in [1.29, 1.82) is 0 Å². The van der Waals surface area contributed by atoms with Crippen molar-refractivity contribution in [1.82, 2.24) is 4.90 Å². The monoisotopic (exact) mass is 242 g/mol. The summed E-state index contributed by atoms with van der Waals surface area (Å²) in [7, 11) is 0. The molecular weight excluding hydrogens is 216 g/mol. The molecule has 2 fully saturated rings. The quantitative estimate of drug-likeness (QED) is 0.823. The third kappa shape index (κ3) is 2.93. The zero-order valence-corrected chi connectivity index (χ0v) is 11.3. The minimum absolute atomic E-state index is 0.669. The third-order valence-corrected chi connectivity index (χ3v) is 5.52. The van der Waals surface area contributed by atoms with Gasteiger partial charge in [-0.05, 0) is 43.9 Å². The van der Waals surface area contributed by atoms with E-state index in [-0.39, 0.29) is 0 Å². The second-order valence-electron chi connectivity index (χ2n) is 5.30. The first-order valence-corrected chi connectivity index (χ1v) is 8.04. The van der Waals surface area contributed by atoms with Crippen LogP contribution in [0.3, 0.4) is 0 Å². The molecule has 2 rings (SSSR count). The van der Waals surface area contributed by atoms with Gasteiger partial charge in [-0.15, -0.1) is 0 Å². The SMILES string of the molecule is CCC1CCN(C2CCCSC2)C(CN)C1. The zero-order valence-electron chi connectivity index (χ0n) is 10.5. The molecule has 2 N–H and O–H groups in total. The smallest absolute Gasteiger partial charge is 0.0224 e. The van der Waals surface area contributed by atoms with Gasteiger partial charge in [0.15, 0.2) is 0 Å². The summed E-state index contributed by atoms with van der Waals surface area (Å²) in [5.41, 5.74) is 5.97. The van der Waals surface area contributed by atoms with Crippen molar-refractivity contribution < 1.29 is 0 Å². The number of hydrogen-bond donors (Lipinski definition) is 1. The molecule has 3 heteroatoms. The van der Waals surface area contributed by atoms with Crippen LogP contribution >= 0.6 is 11.8 Å². The molecule has 2 aliphatic rings. The standard InChI is InChI=1S/C13H26N2S/c1-2-11-5-6-15(13(8-11)9-14)12-4-3-7-16-10-12/h11-13H,2-10,14H2,1H3. The van der Waals surface area contributed by atoms with Gasteiger partial charge in [-0.25, -0.2) is 0 Å². The van der Waals surface area contributed by atoms with Gasteiger partial charge in [-0.2, -0.15) is 11.8 Å². The van der Waals surface area contributed by atoms with E-state index in [1.807, 2.05) is 0 Å². The molecule has 0 spiro atoms. The summed E-state index contributed by atoms with van der Waals surface area (Å²) in [5, 5.41) is 0. The molecule has 2 nitrogen and oxygen atoms in total. The predicted octanol–water partition coefficient (Wildman–Crippen LogP) is 2.33. The third-order valence-electron chi connectivity index (χ3n) is 4.32. The number of piperidine rings is 1. The molecule has 0 aliphatic carbocycles. The van der Waals surface area contributed by atoms with Crippen LogP contribution in [0, 0.1) is 5.92 Å². The summed E-state index contributed by atoms with van der Waals surface area (Å²) in [5.74, 6) is 3.64. The number of nitrogens with zero attached hydrogens (tertiary/aromatic N) is 1. The Morgan fingerprint density at radius 2 is 2.25 bits per heavy atom. The molecule has 0 amide bonds. The highest BCUT2D eigenvalue weighted by Crippen LogP contribution is 2.30. The van der Waals surface area contributed by atoms with Gasteiger partial charge < -0.3 is 5.73 Å². The lowest BCUT2D eigenvalue weighted by molar-refractivity contribution is 0.0744. The highest BCUT2D eigenvalue weighted by molar-refractivity contribution is 7.99. The summed E-state index contributed by atoms with van der Waals surface area (Å²) < 4.78 is 0. The highest BCUT2D eigenvalue weighted by atomic mass is 32.2. The normalized spacial score (nSPS) is 37.5. The molecule has 3 unspecified atom stereocenters. The van der Waals surface area contributed by atoms with Crippen LogP contribution < -0.4 is 5.73 Å². The van der Waals surface area contributed by atoms with E-state index in [2.05, 4.69) is 23.6 Å². The van der Waals surface area contributed by atoms with Crippen LogP contribution in [-0.2, 0) is 0 Å². The molecule has 0 aromatic carbocycles. The molecule has 0 saturated carbocycles. The first-order valence-electron chi connectivity index (χ1n) is 6.88. The van der Waals surface area contributed by atoms with E-state index in [1.165, 1.54) is 50.2 Å². The Labute approximate surface area is 104 Å². The molecule has 2 aliphatic heterocycles. The zero-order chi connectivity index (χ0) is 11.4. The summed E-state index contributed by atoms with van der Waals surface area (Å²) >= 11 is 2.13. The van der Waals surface area contributed by atoms with Gasteiger partial charge in [0.25, 0.3) is 0 Å². The molecule has 94 valence electrons. The van der Waals surface area contributed by atoms with Gasteiger partial charge in [-0.1, -0.05) is 13.3 Å². The lowest BCUT2D eigenvalue weighted by Gasteiger charge is -2.44. The predicted molar refractivity (Wildman–Crippen MR) is 72.9 cm³/mol. The van der Waals surface area contributed by atoms with Gasteiger partial charge in [0.05, 0.1) is 0 Å². The van der Waals surface area contributed by atoms with E-state index in [0.29, 0.717) is 6.04 Å². The number of likely N-dealkylation sites (tertiary alicyclic amines) is 1. The fourth-order valence-electron chi connectivity index (χ4n) is 3.22. The lowest BCUT2D eigenvalue weighted by Crippen LogP contribution is -2.52. The first kappa shape index (κ1) is 12.7. The largest absolute Gasteiger partial charge is 0.329 e. The van der Waals surface area contributed by atoms with Crippen LogP contribution in [0.25, 0.3) is 0 Å². The van der Waals surface area contributed by atoms with E-state index >= 15 is 0 Å². The van der Waals surface area contributed by atoms with Crippen molar-refractivity contribution in [3.05, 3.63) is 0 Å². The molecule has 3 atom stereocenters. The van der Waals surface area contributed by atoms with Gasteiger partial charge in [0, 0.05) is 24.4 Å². The van der Waals surface area contributed by atoms with Gasteiger partial charge >= 0.3 is 0 Å². The van der Waals surface area contributed by atoms with E-state index in [9.17, 15) is 0 Å². The molecule has 0 radical (unpaired) electrons. The summed E-state index contributed by atoms with van der Waals surface area (Å²) in [4.78, 5) is 2.73. The molecule has 2 saturated heterocycles. The van der Waals surface area contributed by atoms with E-state index in [4.69, 9.17) is 5.73 Å². The minimum atomic E-state index is 0.669. The fourth-order valence-corrected chi connectivity index (χ4v) is 4.39. The minimum Gasteiger partial charge on any atom is -0.329 e. The van der Waals surface area contributed by atoms with Gasteiger partial charge in [0.2, 0.25) is 0 Å². The first-order chi connectivity index (χ1) is 7.85. The Kier molecular flexibility index (Phi) is 4.98. The molecule has 0 bridgehead atoms. The number of hydrogen-bond acceptors (Lipinski definition) is 3. The fraction of sp³-hybridized carbons (Fsp3) is 1.00. The van der Waals surface area contributed by atoms with E-state index < -0.39 is 0 Å². The van der Waals surface area contributed by atoms with Crippen LogP contribution in [-0.4, -0.2) is 41.6 Å². The molecule has 0 aromatic rings. The van der Waals surface area contributed by atoms with Crippen LogP contribution in [0.4, 0.5) is 0 Å². The maximum atomic E-state index is 5.97. The summed E-state index contributed by atoms with van der Waals surface area (Å²) in [6.07, 6.45) is 6.88. The van der Waals surface area contributed by atoms with Gasteiger partial charge in [-0.3, -0.25) is 4.90 Å². The van der Waals surface area contributed by atoms with Crippen LogP contribution in [0.5, 0.6) is 0 Å². The Hall–Kier alpha value is 0.270. The number of nitrogens with two attached hydrogens (primary N) is 1. The Morgan fingerprint density at radius 3 is 2.88 bits per heavy atom. The average molecular weight is 242 g/mol. The van der Waals surface area contributed by atoms with Crippen molar-refractivity contribution in [2.24, 2.45) is 11.7 Å². The van der Waals surface area contributed by atoms with Crippen molar-refractivity contribution in [3.8, 4) is 0 Å². The molecular formula is C13H26N2S. The van der Waals surface area contributed by atoms with Crippen LogP contribution in [0.1, 0.15) is 39.0 Å². The van der Waals surface area contributed by atoms with Crippen molar-refractivity contribution in [3.63, 3.8) is 0 Å². The highest BCUT2D eigenvalue weighted by Gasteiger charge is 2.32. The van der Waals surface area contributed by atoms with E-state index in [1.54, 1.807) is 0 Å². The van der Waals surface area contributed by atoms with Crippen molar-refractivity contribution in [2.75, 3.05) is 24.6 Å². The Morgan fingerprint density at radius 1 is 1.38 bits per heavy atom. The average Bonchev–Trinajstić information content (AvgIpc) is 2.39. The second kappa shape index (κ2) is 6.27. The van der Waals surface area contributed by atoms with Crippen LogP contribution in [0.15, 0.2) is 0 Å². The topological polar surface area (TPSA) is 29.3 Å². The van der Waals surface area contributed by atoms with E-state index in [0.717, 1.165) is 18.5 Å².